The third kappa shape index (κ3) is 4.66. The van der Waals surface area contributed by atoms with Gasteiger partial charge in [-0.25, -0.2) is 4.79 Å². The van der Waals surface area contributed by atoms with E-state index in [0.717, 1.165) is 24.2 Å². The second-order valence-electron chi connectivity index (χ2n) is 9.66. The number of esters is 1. The Balaban J connectivity index is 1.45. The van der Waals surface area contributed by atoms with Gasteiger partial charge in [0.1, 0.15) is 18.1 Å². The molecule has 0 saturated carbocycles. The van der Waals surface area contributed by atoms with Crippen LogP contribution >= 0.6 is 0 Å². The first-order valence-electron chi connectivity index (χ1n) is 10.9. The number of carbonyl (C=O) groups excluding carboxylic acids is 1. The molecular formula is C28H30O3. The van der Waals surface area contributed by atoms with E-state index in [1.165, 1.54) is 11.1 Å². The Morgan fingerprint density at radius 1 is 0.774 bits per heavy atom. The van der Waals surface area contributed by atoms with Gasteiger partial charge >= 0.3 is 5.97 Å². The van der Waals surface area contributed by atoms with Crippen LogP contribution in [0.4, 0.5) is 0 Å². The minimum Gasteiger partial charge on any atom is -0.489 e. The highest BCUT2D eigenvalue weighted by Gasteiger charge is 2.37. The van der Waals surface area contributed by atoms with Crippen molar-refractivity contribution in [3.63, 3.8) is 0 Å². The number of fused-ring (bicyclic) bond motifs is 1. The van der Waals surface area contributed by atoms with Gasteiger partial charge in [0.2, 0.25) is 0 Å². The topological polar surface area (TPSA) is 35.5 Å². The predicted octanol–water partition coefficient (Wildman–Crippen LogP) is 6.83. The van der Waals surface area contributed by atoms with Crippen molar-refractivity contribution in [1.82, 2.24) is 0 Å². The standard InChI is InChI=1S/C28H30O3/c1-27(2)16-17-28(3,4)25-18-21(10-15-24(25)27)26(29)31-23-13-11-22(12-14-23)30-19-20-8-6-5-7-9-20/h5-15,18H,16-17,19H2,1-4H3. The second-order valence-corrected chi connectivity index (χ2v) is 9.66. The molecule has 0 atom stereocenters. The summed E-state index contributed by atoms with van der Waals surface area (Å²) >= 11 is 0. The minimum atomic E-state index is -0.333. The number of hydrogen-bond donors (Lipinski definition) is 0. The van der Waals surface area contributed by atoms with Crippen molar-refractivity contribution in [2.75, 3.05) is 0 Å². The lowest BCUT2D eigenvalue weighted by Gasteiger charge is -2.41. The molecule has 0 saturated heterocycles. The van der Waals surface area contributed by atoms with Crippen molar-refractivity contribution >= 4 is 5.97 Å². The molecule has 0 heterocycles. The lowest BCUT2D eigenvalue weighted by Crippen LogP contribution is -2.34. The Morgan fingerprint density at radius 2 is 1.39 bits per heavy atom. The molecule has 0 aromatic heterocycles. The zero-order valence-electron chi connectivity index (χ0n) is 18.8. The predicted molar refractivity (Wildman–Crippen MR) is 124 cm³/mol. The number of hydrogen-bond acceptors (Lipinski definition) is 3. The molecule has 0 spiro atoms. The summed E-state index contributed by atoms with van der Waals surface area (Å²) in [6, 6.07) is 23.2. The maximum atomic E-state index is 12.8. The van der Waals surface area contributed by atoms with Gasteiger partial charge in [-0.2, -0.15) is 0 Å². The molecule has 3 aromatic rings. The van der Waals surface area contributed by atoms with Gasteiger partial charge in [0, 0.05) is 0 Å². The molecule has 160 valence electrons. The molecule has 0 radical (unpaired) electrons. The van der Waals surface area contributed by atoms with Crippen LogP contribution in [0.1, 0.15) is 67.6 Å². The zero-order chi connectivity index (χ0) is 22.1. The summed E-state index contributed by atoms with van der Waals surface area (Å²) in [5, 5.41) is 0. The van der Waals surface area contributed by atoms with Crippen LogP contribution in [0, 0.1) is 0 Å². The van der Waals surface area contributed by atoms with E-state index >= 15 is 0 Å². The summed E-state index contributed by atoms with van der Waals surface area (Å²) in [7, 11) is 0. The molecule has 3 heteroatoms. The van der Waals surface area contributed by atoms with Crippen LogP contribution in [0.3, 0.4) is 0 Å². The molecule has 0 fully saturated rings. The van der Waals surface area contributed by atoms with Gasteiger partial charge in [-0.15, -0.1) is 0 Å². The number of benzene rings is 3. The van der Waals surface area contributed by atoms with Crippen LogP contribution in [0.25, 0.3) is 0 Å². The SMILES string of the molecule is CC1(C)CCC(C)(C)c2cc(C(=O)Oc3ccc(OCc4ccccc4)cc3)ccc21. The molecule has 0 amide bonds. The molecule has 4 rings (SSSR count). The highest BCUT2D eigenvalue weighted by Crippen LogP contribution is 2.45. The number of ether oxygens (including phenoxy) is 2. The summed E-state index contributed by atoms with van der Waals surface area (Å²) < 4.78 is 11.4. The van der Waals surface area contributed by atoms with Crippen LogP contribution in [0.2, 0.25) is 0 Å². The molecule has 0 aliphatic heterocycles. The Hall–Kier alpha value is -3.07. The Labute approximate surface area is 185 Å². The van der Waals surface area contributed by atoms with Gasteiger partial charge in [0.15, 0.2) is 0 Å². The van der Waals surface area contributed by atoms with Crippen molar-refractivity contribution in [1.29, 1.82) is 0 Å². The molecule has 3 aromatic carbocycles. The normalized spacial score (nSPS) is 16.3. The van der Waals surface area contributed by atoms with Crippen molar-refractivity contribution in [3.05, 3.63) is 95.1 Å². The van der Waals surface area contributed by atoms with Crippen molar-refractivity contribution in [2.45, 2.75) is 58.0 Å². The van der Waals surface area contributed by atoms with Crippen molar-refractivity contribution in [2.24, 2.45) is 0 Å². The van der Waals surface area contributed by atoms with Gasteiger partial charge in [0.25, 0.3) is 0 Å². The van der Waals surface area contributed by atoms with E-state index in [4.69, 9.17) is 9.47 Å². The van der Waals surface area contributed by atoms with Crippen LogP contribution in [0.15, 0.2) is 72.8 Å². The molecular weight excluding hydrogens is 384 g/mol. The van der Waals surface area contributed by atoms with Crippen LogP contribution in [0.5, 0.6) is 11.5 Å². The number of rotatable bonds is 5. The van der Waals surface area contributed by atoms with Gasteiger partial charge in [-0.3, -0.25) is 0 Å². The fraction of sp³-hybridized carbons (Fsp3) is 0.321. The largest absolute Gasteiger partial charge is 0.489 e. The second kappa shape index (κ2) is 8.22. The van der Waals surface area contributed by atoms with Crippen LogP contribution in [-0.2, 0) is 17.4 Å². The summed E-state index contributed by atoms with van der Waals surface area (Å²) in [5.74, 6) is 0.913. The van der Waals surface area contributed by atoms with E-state index < -0.39 is 0 Å². The summed E-state index contributed by atoms with van der Waals surface area (Å²) in [5.41, 5.74) is 4.47. The Kier molecular flexibility index (Phi) is 5.62. The van der Waals surface area contributed by atoms with Gasteiger partial charge < -0.3 is 9.47 Å². The van der Waals surface area contributed by atoms with Crippen molar-refractivity contribution < 1.29 is 14.3 Å². The van der Waals surface area contributed by atoms with E-state index in [2.05, 4.69) is 33.8 Å². The molecule has 31 heavy (non-hydrogen) atoms. The summed E-state index contributed by atoms with van der Waals surface area (Å²) in [4.78, 5) is 12.8. The lowest BCUT2D eigenvalue weighted by molar-refractivity contribution is 0.0734. The fourth-order valence-corrected chi connectivity index (χ4v) is 4.23. The molecule has 0 unspecified atom stereocenters. The van der Waals surface area contributed by atoms with E-state index in [-0.39, 0.29) is 16.8 Å². The van der Waals surface area contributed by atoms with E-state index in [1.54, 1.807) is 12.1 Å². The van der Waals surface area contributed by atoms with E-state index in [1.807, 2.05) is 54.6 Å². The first-order valence-corrected chi connectivity index (χ1v) is 10.9. The van der Waals surface area contributed by atoms with Gasteiger partial charge in [-0.05, 0) is 76.8 Å². The molecule has 0 bridgehead atoms. The third-order valence-corrected chi connectivity index (χ3v) is 6.37. The maximum Gasteiger partial charge on any atom is 0.343 e. The van der Waals surface area contributed by atoms with Crippen LogP contribution < -0.4 is 9.47 Å². The monoisotopic (exact) mass is 414 g/mol. The zero-order valence-corrected chi connectivity index (χ0v) is 18.8. The quantitative estimate of drug-likeness (QED) is 0.339. The van der Waals surface area contributed by atoms with Gasteiger partial charge in [0.05, 0.1) is 5.56 Å². The minimum absolute atomic E-state index is 0.0544. The van der Waals surface area contributed by atoms with E-state index in [0.29, 0.717) is 17.9 Å². The summed E-state index contributed by atoms with van der Waals surface area (Å²) in [6.45, 7) is 9.57. The molecule has 1 aliphatic carbocycles. The Morgan fingerprint density at radius 3 is 2.06 bits per heavy atom. The Bertz CT molecular complexity index is 1060. The highest BCUT2D eigenvalue weighted by atomic mass is 16.5. The average Bonchev–Trinajstić information content (AvgIpc) is 2.77. The van der Waals surface area contributed by atoms with Crippen LogP contribution in [-0.4, -0.2) is 5.97 Å². The summed E-state index contributed by atoms with van der Waals surface area (Å²) in [6.07, 6.45) is 2.26. The van der Waals surface area contributed by atoms with Gasteiger partial charge in [-0.1, -0.05) is 64.1 Å². The molecule has 1 aliphatic rings. The average molecular weight is 415 g/mol. The third-order valence-electron chi connectivity index (χ3n) is 6.37. The fourth-order valence-electron chi connectivity index (χ4n) is 4.23. The highest BCUT2D eigenvalue weighted by molar-refractivity contribution is 5.91. The molecule has 3 nitrogen and oxygen atoms in total. The smallest absolute Gasteiger partial charge is 0.343 e. The lowest BCUT2D eigenvalue weighted by atomic mass is 9.63. The molecule has 0 N–H and O–H groups in total. The maximum absolute atomic E-state index is 12.8. The first kappa shape index (κ1) is 21.2. The first-order chi connectivity index (χ1) is 14.7. The van der Waals surface area contributed by atoms with Crippen molar-refractivity contribution in [3.8, 4) is 11.5 Å². The number of carbonyl (C=O) groups is 1. The van der Waals surface area contributed by atoms with E-state index in [9.17, 15) is 4.79 Å².